The lowest BCUT2D eigenvalue weighted by atomic mass is 10.0. The zero-order valence-electron chi connectivity index (χ0n) is 14.8. The minimum Gasteiger partial charge on any atom is -0.493 e. The Morgan fingerprint density at radius 3 is 2.58 bits per heavy atom. The van der Waals surface area contributed by atoms with Crippen LogP contribution in [0.25, 0.3) is 11.6 Å². The van der Waals surface area contributed by atoms with Crippen LogP contribution in [-0.4, -0.2) is 36.2 Å². The third-order valence-corrected chi connectivity index (χ3v) is 4.49. The van der Waals surface area contributed by atoms with Crippen molar-refractivity contribution in [1.82, 2.24) is 4.98 Å². The number of aryl methyl sites for hydroxylation is 1. The van der Waals surface area contributed by atoms with Crippen LogP contribution in [0.3, 0.4) is 0 Å². The Kier molecular flexibility index (Phi) is 4.71. The van der Waals surface area contributed by atoms with Crippen molar-refractivity contribution >= 4 is 29.2 Å². The van der Waals surface area contributed by atoms with Crippen LogP contribution in [0.15, 0.2) is 18.3 Å². The number of nitrogens with one attached hydrogen (secondary N) is 2. The first-order valence-electron chi connectivity index (χ1n) is 8.12. The van der Waals surface area contributed by atoms with Gasteiger partial charge in [-0.3, -0.25) is 9.59 Å². The Bertz CT molecular complexity index is 911. The van der Waals surface area contributed by atoms with Crippen LogP contribution >= 0.6 is 0 Å². The van der Waals surface area contributed by atoms with Crippen molar-refractivity contribution in [2.45, 2.75) is 19.8 Å². The van der Waals surface area contributed by atoms with Gasteiger partial charge in [0.25, 0.3) is 5.91 Å². The number of carboxylic acid groups (broad SMARTS) is 1. The molecule has 0 spiro atoms. The standard InChI is InChI=1S/C19H20N2O5/c1-10-11(4-5-18(22)23)9-20-14(10)6-13-12-7-16(25-2)17(26-3)8-15(12)21-19(13)24/h6-9,20H,4-5H2,1-3H3,(H,21,24)(H,22,23). The number of benzene rings is 1. The van der Waals surface area contributed by atoms with E-state index in [-0.39, 0.29) is 12.3 Å². The highest BCUT2D eigenvalue weighted by Crippen LogP contribution is 2.41. The van der Waals surface area contributed by atoms with Crippen LogP contribution in [0.2, 0.25) is 0 Å². The fraction of sp³-hybridized carbons (Fsp3) is 0.263. The molecule has 0 saturated carbocycles. The average Bonchev–Trinajstić information content (AvgIpc) is 3.12. The van der Waals surface area contributed by atoms with Crippen LogP contribution in [0, 0.1) is 6.92 Å². The minimum absolute atomic E-state index is 0.0645. The molecule has 0 radical (unpaired) electrons. The van der Waals surface area contributed by atoms with Crippen LogP contribution in [-0.2, 0) is 16.0 Å². The molecule has 1 aliphatic rings. The normalized spacial score (nSPS) is 14.3. The third-order valence-electron chi connectivity index (χ3n) is 4.49. The number of fused-ring (bicyclic) bond motifs is 1. The number of carbonyl (C=O) groups excluding carboxylic acids is 1. The number of amides is 1. The summed E-state index contributed by atoms with van der Waals surface area (Å²) in [5.41, 5.74) is 4.53. The van der Waals surface area contributed by atoms with Crippen LogP contribution in [0.4, 0.5) is 5.69 Å². The summed E-state index contributed by atoms with van der Waals surface area (Å²) in [6, 6.07) is 3.49. The number of methoxy groups -OCH3 is 2. The molecule has 3 rings (SSSR count). The maximum absolute atomic E-state index is 12.4. The van der Waals surface area contributed by atoms with Gasteiger partial charge in [0.1, 0.15) is 0 Å². The van der Waals surface area contributed by atoms with Crippen LogP contribution in [0.1, 0.15) is 28.8 Å². The summed E-state index contributed by atoms with van der Waals surface area (Å²) in [6.45, 7) is 1.91. The molecule has 1 amide bonds. The lowest BCUT2D eigenvalue weighted by molar-refractivity contribution is -0.137. The second kappa shape index (κ2) is 6.95. The highest BCUT2D eigenvalue weighted by atomic mass is 16.5. The zero-order valence-corrected chi connectivity index (χ0v) is 14.8. The molecule has 1 aromatic heterocycles. The van der Waals surface area contributed by atoms with E-state index in [0.29, 0.717) is 29.2 Å². The van der Waals surface area contributed by atoms with Crippen molar-refractivity contribution in [3.05, 3.63) is 40.7 Å². The molecule has 0 fully saturated rings. The Balaban J connectivity index is 1.98. The molecule has 0 unspecified atom stereocenters. The number of hydrogen-bond acceptors (Lipinski definition) is 4. The molecule has 1 aliphatic heterocycles. The molecular weight excluding hydrogens is 336 g/mol. The smallest absolute Gasteiger partial charge is 0.303 e. The molecule has 2 heterocycles. The summed E-state index contributed by atoms with van der Waals surface area (Å²) in [7, 11) is 3.08. The maximum atomic E-state index is 12.4. The first-order valence-corrected chi connectivity index (χ1v) is 8.12. The number of aromatic amines is 1. The Hall–Kier alpha value is -3.22. The molecular formula is C19H20N2O5. The SMILES string of the molecule is COc1cc2c(cc1OC)C(=Cc1[nH]cc(CCC(=O)O)c1C)C(=O)N2. The Morgan fingerprint density at radius 2 is 1.92 bits per heavy atom. The number of carboxylic acids is 1. The van der Waals surface area contributed by atoms with E-state index in [2.05, 4.69) is 10.3 Å². The van der Waals surface area contributed by atoms with Gasteiger partial charge in [-0.05, 0) is 36.6 Å². The summed E-state index contributed by atoms with van der Waals surface area (Å²) in [5, 5.41) is 11.7. The van der Waals surface area contributed by atoms with E-state index in [1.165, 1.54) is 0 Å². The van der Waals surface area contributed by atoms with Gasteiger partial charge in [-0.2, -0.15) is 0 Å². The number of aliphatic carboxylic acids is 1. The minimum atomic E-state index is -0.837. The van der Waals surface area contributed by atoms with E-state index in [0.717, 1.165) is 22.4 Å². The molecule has 7 heteroatoms. The summed E-state index contributed by atoms with van der Waals surface area (Å²) < 4.78 is 10.6. The number of rotatable bonds is 6. The molecule has 3 N–H and O–H groups in total. The van der Waals surface area contributed by atoms with Gasteiger partial charge < -0.3 is 24.9 Å². The Morgan fingerprint density at radius 1 is 1.23 bits per heavy atom. The molecule has 0 atom stereocenters. The van der Waals surface area contributed by atoms with Gasteiger partial charge >= 0.3 is 5.97 Å². The summed E-state index contributed by atoms with van der Waals surface area (Å²) in [6.07, 6.45) is 4.06. The van der Waals surface area contributed by atoms with Gasteiger partial charge in [0.2, 0.25) is 0 Å². The predicted molar refractivity (Wildman–Crippen MR) is 97.5 cm³/mol. The summed E-state index contributed by atoms with van der Waals surface area (Å²) in [5.74, 6) is 0.0332. The van der Waals surface area contributed by atoms with Gasteiger partial charge in [-0.15, -0.1) is 0 Å². The monoisotopic (exact) mass is 356 g/mol. The molecule has 136 valence electrons. The predicted octanol–water partition coefficient (Wildman–Crippen LogP) is 2.85. The molecule has 1 aromatic carbocycles. The fourth-order valence-electron chi connectivity index (χ4n) is 3.01. The van der Waals surface area contributed by atoms with Gasteiger partial charge in [-0.1, -0.05) is 0 Å². The molecule has 2 aromatic rings. The molecule has 7 nitrogen and oxygen atoms in total. The number of hydrogen-bond donors (Lipinski definition) is 3. The summed E-state index contributed by atoms with van der Waals surface area (Å²) >= 11 is 0. The van der Waals surface area contributed by atoms with E-state index >= 15 is 0 Å². The second-order valence-electron chi connectivity index (χ2n) is 6.01. The van der Waals surface area contributed by atoms with Crippen molar-refractivity contribution in [3.8, 4) is 11.5 Å². The van der Waals surface area contributed by atoms with Crippen LogP contribution in [0.5, 0.6) is 11.5 Å². The number of carbonyl (C=O) groups is 2. The number of H-pyrrole nitrogens is 1. The largest absolute Gasteiger partial charge is 0.493 e. The first-order chi connectivity index (χ1) is 12.4. The van der Waals surface area contributed by atoms with E-state index in [4.69, 9.17) is 14.6 Å². The summed E-state index contributed by atoms with van der Waals surface area (Å²) in [4.78, 5) is 26.3. The third kappa shape index (κ3) is 3.15. The molecule has 0 saturated heterocycles. The fourth-order valence-corrected chi connectivity index (χ4v) is 3.01. The van der Waals surface area contributed by atoms with Gasteiger partial charge in [0.15, 0.2) is 11.5 Å². The van der Waals surface area contributed by atoms with Gasteiger partial charge in [0.05, 0.1) is 25.5 Å². The van der Waals surface area contributed by atoms with E-state index < -0.39 is 5.97 Å². The highest BCUT2D eigenvalue weighted by molar-refractivity contribution is 6.35. The topological polar surface area (TPSA) is 101 Å². The lowest BCUT2D eigenvalue weighted by Gasteiger charge is -2.09. The molecule has 26 heavy (non-hydrogen) atoms. The second-order valence-corrected chi connectivity index (χ2v) is 6.01. The number of anilines is 1. The van der Waals surface area contributed by atoms with Crippen molar-refractivity contribution in [3.63, 3.8) is 0 Å². The van der Waals surface area contributed by atoms with Crippen molar-refractivity contribution in [2.24, 2.45) is 0 Å². The van der Waals surface area contributed by atoms with Crippen LogP contribution < -0.4 is 14.8 Å². The number of ether oxygens (including phenoxy) is 2. The van der Waals surface area contributed by atoms with Crippen molar-refractivity contribution in [1.29, 1.82) is 0 Å². The zero-order chi connectivity index (χ0) is 18.8. The first kappa shape index (κ1) is 17.6. The van der Waals surface area contributed by atoms with Crippen molar-refractivity contribution < 1.29 is 24.2 Å². The number of aromatic nitrogens is 1. The maximum Gasteiger partial charge on any atom is 0.303 e. The molecule has 0 aliphatic carbocycles. The van der Waals surface area contributed by atoms with E-state index in [1.54, 1.807) is 38.6 Å². The van der Waals surface area contributed by atoms with Gasteiger partial charge in [0, 0.05) is 29.9 Å². The van der Waals surface area contributed by atoms with E-state index in [1.807, 2.05) is 6.92 Å². The lowest BCUT2D eigenvalue weighted by Crippen LogP contribution is -2.03. The average molecular weight is 356 g/mol. The highest BCUT2D eigenvalue weighted by Gasteiger charge is 2.27. The van der Waals surface area contributed by atoms with E-state index in [9.17, 15) is 9.59 Å². The van der Waals surface area contributed by atoms with Crippen molar-refractivity contribution in [2.75, 3.05) is 19.5 Å². The Labute approximate surface area is 150 Å². The van der Waals surface area contributed by atoms with Gasteiger partial charge in [-0.25, -0.2) is 0 Å². The molecule has 0 bridgehead atoms. The quantitative estimate of drug-likeness (QED) is 0.691.